The van der Waals surface area contributed by atoms with Gasteiger partial charge in [-0.3, -0.25) is 10.1 Å². The van der Waals surface area contributed by atoms with Crippen molar-refractivity contribution in [1.82, 2.24) is 29.7 Å². The number of carbonyl (C=O) groups is 3. The van der Waals surface area contributed by atoms with Gasteiger partial charge >= 0.3 is 12.1 Å². The zero-order chi connectivity index (χ0) is 23.9. The Bertz CT molecular complexity index is 988. The van der Waals surface area contributed by atoms with Crippen LogP contribution in [0.3, 0.4) is 0 Å². The number of nitrogens with one attached hydrogen (secondary N) is 1. The fourth-order valence-electron chi connectivity index (χ4n) is 3.80. The third kappa shape index (κ3) is 5.90. The van der Waals surface area contributed by atoms with Crippen molar-refractivity contribution in [3.63, 3.8) is 0 Å². The van der Waals surface area contributed by atoms with Gasteiger partial charge in [0, 0.05) is 70.1 Å². The van der Waals surface area contributed by atoms with Gasteiger partial charge < -0.3 is 24.3 Å². The van der Waals surface area contributed by atoms with Crippen LogP contribution >= 0.6 is 11.3 Å². The van der Waals surface area contributed by atoms with Gasteiger partial charge in [-0.15, -0.1) is 11.3 Å². The smallest absolute Gasteiger partial charge is 0.409 e. The number of ether oxygens (including phenoxy) is 1. The van der Waals surface area contributed by atoms with Crippen LogP contribution in [0.2, 0.25) is 0 Å². The average molecular weight is 489 g/mol. The van der Waals surface area contributed by atoms with Crippen LogP contribution in [-0.2, 0) is 16.0 Å². The molecule has 0 spiro atoms. The average Bonchev–Trinajstić information content (AvgIpc) is 3.31. The molecule has 34 heavy (non-hydrogen) atoms. The van der Waals surface area contributed by atoms with Crippen molar-refractivity contribution in [1.29, 1.82) is 0 Å². The number of nitrogens with zero attached hydrogens (tertiary/aromatic N) is 7. The lowest BCUT2D eigenvalue weighted by atomic mass is 10.2. The highest BCUT2D eigenvalue weighted by Crippen LogP contribution is 2.18. The Balaban J connectivity index is 1.21. The minimum Gasteiger partial charge on any atom is -0.450 e. The maximum absolute atomic E-state index is 12.7. The largest absolute Gasteiger partial charge is 0.450 e. The van der Waals surface area contributed by atoms with Crippen molar-refractivity contribution in [2.24, 2.45) is 0 Å². The van der Waals surface area contributed by atoms with E-state index >= 15 is 0 Å². The number of hydrogen-bond donors (Lipinski definition) is 1. The van der Waals surface area contributed by atoms with Crippen molar-refractivity contribution in [2.45, 2.75) is 13.3 Å². The number of aromatic nitrogens is 3. The molecule has 2 saturated heterocycles. The summed E-state index contributed by atoms with van der Waals surface area (Å²) in [5.41, 5.74) is 0.631. The summed E-state index contributed by atoms with van der Waals surface area (Å²) in [4.78, 5) is 57.1. The number of hydrogen-bond acceptors (Lipinski definition) is 9. The number of anilines is 2. The molecule has 182 valence electrons. The summed E-state index contributed by atoms with van der Waals surface area (Å²) in [7, 11) is 0. The minimum absolute atomic E-state index is 0.00638. The molecule has 0 aliphatic carbocycles. The maximum atomic E-state index is 12.7. The second-order valence-corrected chi connectivity index (χ2v) is 8.70. The molecule has 0 aromatic carbocycles. The molecule has 1 N–H and O–H groups in total. The highest BCUT2D eigenvalue weighted by atomic mass is 32.1. The van der Waals surface area contributed by atoms with Gasteiger partial charge in [0.2, 0.25) is 11.9 Å². The van der Waals surface area contributed by atoms with Crippen LogP contribution in [0.1, 0.15) is 12.6 Å². The quantitative estimate of drug-likeness (QED) is 0.664. The van der Waals surface area contributed by atoms with E-state index in [0.29, 0.717) is 75.7 Å². The normalized spacial score (nSPS) is 16.4. The van der Waals surface area contributed by atoms with Crippen molar-refractivity contribution < 1.29 is 19.1 Å². The Labute approximate surface area is 201 Å². The zero-order valence-corrected chi connectivity index (χ0v) is 19.9. The van der Waals surface area contributed by atoms with Gasteiger partial charge in [0.25, 0.3) is 0 Å². The van der Waals surface area contributed by atoms with Gasteiger partial charge in [0.15, 0.2) is 5.13 Å². The van der Waals surface area contributed by atoms with Crippen LogP contribution in [0.5, 0.6) is 0 Å². The number of urea groups is 1. The van der Waals surface area contributed by atoms with E-state index in [-0.39, 0.29) is 24.5 Å². The number of carbonyl (C=O) groups excluding carboxylic acids is 3. The number of amides is 4. The lowest BCUT2D eigenvalue weighted by Gasteiger charge is -2.34. The predicted molar refractivity (Wildman–Crippen MR) is 126 cm³/mol. The van der Waals surface area contributed by atoms with Crippen LogP contribution in [0.15, 0.2) is 23.8 Å². The van der Waals surface area contributed by atoms with Crippen LogP contribution in [-0.4, -0.2) is 107 Å². The van der Waals surface area contributed by atoms with Gasteiger partial charge in [-0.25, -0.2) is 24.5 Å². The Hall–Kier alpha value is -3.48. The first-order valence-electron chi connectivity index (χ1n) is 11.2. The first kappa shape index (κ1) is 23.7. The van der Waals surface area contributed by atoms with E-state index in [2.05, 4.69) is 25.2 Å². The van der Waals surface area contributed by atoms with Crippen LogP contribution in [0.4, 0.5) is 20.7 Å². The summed E-state index contributed by atoms with van der Waals surface area (Å²) in [6.45, 7) is 6.33. The molecule has 0 radical (unpaired) electrons. The van der Waals surface area contributed by atoms with Crippen LogP contribution < -0.4 is 10.2 Å². The molecular weight excluding hydrogens is 460 g/mol. The molecule has 0 unspecified atom stereocenters. The maximum Gasteiger partial charge on any atom is 0.409 e. The van der Waals surface area contributed by atoms with E-state index in [0.717, 1.165) is 0 Å². The van der Waals surface area contributed by atoms with Gasteiger partial charge in [-0.1, -0.05) is 0 Å². The molecule has 0 atom stereocenters. The molecule has 4 rings (SSSR count). The highest BCUT2D eigenvalue weighted by Gasteiger charge is 2.26. The van der Waals surface area contributed by atoms with Gasteiger partial charge in [0.1, 0.15) is 0 Å². The predicted octanol–water partition coefficient (Wildman–Crippen LogP) is 1.13. The second-order valence-electron chi connectivity index (χ2n) is 7.84. The molecule has 13 heteroatoms. The van der Waals surface area contributed by atoms with Crippen molar-refractivity contribution in [3.8, 4) is 0 Å². The third-order valence-electron chi connectivity index (χ3n) is 5.66. The number of thiazole rings is 1. The summed E-state index contributed by atoms with van der Waals surface area (Å²) in [5.74, 6) is 0.684. The van der Waals surface area contributed by atoms with Crippen molar-refractivity contribution in [2.75, 3.05) is 69.2 Å². The fourth-order valence-corrected chi connectivity index (χ4v) is 4.50. The highest BCUT2D eigenvalue weighted by molar-refractivity contribution is 7.13. The SMILES string of the molecule is CCOC(=O)N1CCN(C(=O)Nc2nc(CC(=O)N3CCN(c4ncccn4)CC3)cs2)CC1. The summed E-state index contributed by atoms with van der Waals surface area (Å²) in [6.07, 6.45) is 3.25. The summed E-state index contributed by atoms with van der Waals surface area (Å²) < 4.78 is 5.00. The lowest BCUT2D eigenvalue weighted by molar-refractivity contribution is -0.130. The first-order chi connectivity index (χ1) is 16.5. The van der Waals surface area contributed by atoms with E-state index in [9.17, 15) is 14.4 Å². The molecule has 4 heterocycles. The fraction of sp³-hybridized carbons (Fsp3) is 0.524. The molecule has 2 aliphatic rings. The molecular formula is C21H28N8O4S. The molecule has 12 nitrogen and oxygen atoms in total. The van der Waals surface area contributed by atoms with Crippen LogP contribution in [0, 0.1) is 0 Å². The number of rotatable bonds is 5. The first-order valence-corrected chi connectivity index (χ1v) is 12.1. The zero-order valence-electron chi connectivity index (χ0n) is 19.1. The van der Waals surface area contributed by atoms with Crippen molar-refractivity contribution in [3.05, 3.63) is 29.5 Å². The minimum atomic E-state index is -0.355. The molecule has 2 aromatic rings. The second kappa shape index (κ2) is 11.1. The Morgan fingerprint density at radius 2 is 1.62 bits per heavy atom. The molecule has 2 fully saturated rings. The van der Waals surface area contributed by atoms with Gasteiger partial charge in [-0.05, 0) is 13.0 Å². The number of piperazine rings is 2. The summed E-state index contributed by atoms with van der Waals surface area (Å²) >= 11 is 1.29. The standard InChI is InChI=1S/C21H28N8O4S/c1-2-33-21(32)29-12-10-28(11-13-29)20(31)25-19-24-16(15-34-19)14-17(30)26-6-8-27(9-7-26)18-22-4-3-5-23-18/h3-5,15H,2,6-14H2,1H3,(H,24,25,31). The monoisotopic (exact) mass is 488 g/mol. The molecule has 0 saturated carbocycles. The van der Waals surface area contributed by atoms with E-state index in [1.54, 1.807) is 40.6 Å². The van der Waals surface area contributed by atoms with Crippen LogP contribution in [0.25, 0.3) is 0 Å². The van der Waals surface area contributed by atoms with E-state index < -0.39 is 0 Å². The molecule has 2 aliphatic heterocycles. The Morgan fingerprint density at radius 3 is 2.29 bits per heavy atom. The summed E-state index contributed by atoms with van der Waals surface area (Å²) in [6, 6.07) is 1.51. The van der Waals surface area contributed by atoms with Gasteiger partial charge in [-0.2, -0.15) is 0 Å². The third-order valence-corrected chi connectivity index (χ3v) is 6.46. The van der Waals surface area contributed by atoms with E-state index in [1.807, 2.05) is 4.90 Å². The lowest BCUT2D eigenvalue weighted by Crippen LogP contribution is -2.51. The van der Waals surface area contributed by atoms with E-state index in [1.165, 1.54) is 11.3 Å². The van der Waals surface area contributed by atoms with Crippen molar-refractivity contribution >= 4 is 40.4 Å². The molecule has 4 amide bonds. The topological polar surface area (TPSA) is 124 Å². The Morgan fingerprint density at radius 1 is 0.971 bits per heavy atom. The Kier molecular flexibility index (Phi) is 7.72. The van der Waals surface area contributed by atoms with Gasteiger partial charge in [0.05, 0.1) is 18.7 Å². The molecule has 0 bridgehead atoms. The summed E-state index contributed by atoms with van der Waals surface area (Å²) in [5, 5.41) is 5.03. The molecule has 2 aromatic heterocycles. The van der Waals surface area contributed by atoms with E-state index in [4.69, 9.17) is 4.74 Å².